The maximum Gasteiger partial charge on any atom is 0.302 e. The van der Waals surface area contributed by atoms with E-state index in [2.05, 4.69) is 0 Å². The molecule has 0 saturated heterocycles. The second kappa shape index (κ2) is 7.97. The summed E-state index contributed by atoms with van der Waals surface area (Å²) in [7, 11) is 0. The van der Waals surface area contributed by atoms with Crippen LogP contribution in [0, 0.1) is 0 Å². The molecule has 0 heterocycles. The van der Waals surface area contributed by atoms with E-state index < -0.39 is 5.97 Å². The minimum Gasteiger partial charge on any atom is -0.508 e. The number of phenolic OH excluding ortho intramolecular Hbond substituents is 1. The smallest absolute Gasteiger partial charge is 0.302 e. The van der Waals surface area contributed by atoms with E-state index in [1.807, 2.05) is 24.3 Å². The fourth-order valence-electron chi connectivity index (χ4n) is 2.32. The third kappa shape index (κ3) is 4.96. The number of carbonyl (C=O) groups excluding carboxylic acids is 1. The monoisotopic (exact) mass is 336 g/mol. The van der Waals surface area contributed by atoms with Crippen molar-refractivity contribution in [3.05, 3.63) is 63.7 Å². The van der Waals surface area contributed by atoms with Crippen LogP contribution in [-0.4, -0.2) is 17.8 Å². The molecule has 0 aliphatic heterocycles. The number of alkyl halides is 1. The van der Waals surface area contributed by atoms with Crippen LogP contribution in [0.5, 0.6) is 5.75 Å². The van der Waals surface area contributed by atoms with Crippen LogP contribution in [-0.2, 0) is 29.0 Å². The van der Waals surface area contributed by atoms with E-state index in [1.54, 1.807) is 6.07 Å². The summed E-state index contributed by atoms with van der Waals surface area (Å²) in [6.07, 6.45) is 0.934. The highest BCUT2D eigenvalue weighted by atomic mass is 35.5. The van der Waals surface area contributed by atoms with Gasteiger partial charge in [0, 0.05) is 18.4 Å². The fourth-order valence-corrected chi connectivity index (χ4v) is 2.62. The van der Waals surface area contributed by atoms with E-state index in [0.717, 1.165) is 16.7 Å². The predicted molar refractivity (Wildman–Crippen MR) is 87.5 cm³/mol. The topological polar surface area (TPSA) is 46.5 Å². The molecule has 2 aromatic rings. The normalized spacial score (nSPS) is 10.6. The third-order valence-electron chi connectivity index (χ3n) is 3.49. The number of halogens is 2. The van der Waals surface area contributed by atoms with Crippen molar-refractivity contribution in [3.63, 3.8) is 0 Å². The van der Waals surface area contributed by atoms with Gasteiger partial charge in [0.05, 0.1) is 6.67 Å². The molecule has 0 amide bonds. The predicted octanol–water partition coefficient (Wildman–Crippen LogP) is 4.21. The summed E-state index contributed by atoms with van der Waals surface area (Å²) in [4.78, 5) is 11.0. The first-order valence-corrected chi connectivity index (χ1v) is 7.65. The van der Waals surface area contributed by atoms with Gasteiger partial charge in [-0.05, 0) is 40.8 Å². The summed E-state index contributed by atoms with van der Waals surface area (Å²) in [5.41, 5.74) is 3.40. The number of aryl methyl sites for hydroxylation is 1. The molecule has 0 radical (unpaired) electrons. The van der Waals surface area contributed by atoms with Crippen LogP contribution in [0.1, 0.15) is 29.2 Å². The quantitative estimate of drug-likeness (QED) is 0.804. The van der Waals surface area contributed by atoms with E-state index in [1.165, 1.54) is 13.0 Å². The molecule has 2 aromatic carbocycles. The van der Waals surface area contributed by atoms with Gasteiger partial charge in [-0.15, -0.1) is 0 Å². The van der Waals surface area contributed by atoms with Crippen molar-refractivity contribution in [1.82, 2.24) is 0 Å². The zero-order chi connectivity index (χ0) is 16.8. The summed E-state index contributed by atoms with van der Waals surface area (Å²) in [6, 6.07) is 10.6. The molecule has 0 bridgehead atoms. The van der Waals surface area contributed by atoms with Crippen LogP contribution < -0.4 is 0 Å². The zero-order valence-corrected chi connectivity index (χ0v) is 13.6. The Morgan fingerprint density at radius 1 is 1.22 bits per heavy atom. The van der Waals surface area contributed by atoms with Gasteiger partial charge in [-0.25, -0.2) is 0 Å². The molecule has 0 atom stereocenters. The fraction of sp³-hybridized carbons (Fsp3) is 0.278. The molecule has 0 fully saturated rings. The lowest BCUT2D eigenvalue weighted by Gasteiger charge is -2.13. The first-order chi connectivity index (χ1) is 11.0. The second-order valence-corrected chi connectivity index (χ2v) is 5.68. The largest absolute Gasteiger partial charge is 0.508 e. The summed E-state index contributed by atoms with van der Waals surface area (Å²) in [5, 5.41) is 10.1. The lowest BCUT2D eigenvalue weighted by Crippen LogP contribution is -2.03. The molecule has 1 N–H and O–H groups in total. The molecule has 3 nitrogen and oxygen atoms in total. The van der Waals surface area contributed by atoms with Crippen LogP contribution in [0.3, 0.4) is 0 Å². The SMILES string of the molecule is CC(=O)OCc1cc(O)cc(Cl)c1Cc1ccc(CCF)cc1. The van der Waals surface area contributed by atoms with Gasteiger partial charge in [0.15, 0.2) is 0 Å². The molecule has 5 heteroatoms. The van der Waals surface area contributed by atoms with Gasteiger partial charge in [0.25, 0.3) is 0 Å². The first-order valence-electron chi connectivity index (χ1n) is 7.27. The number of hydrogen-bond donors (Lipinski definition) is 1. The van der Waals surface area contributed by atoms with Crippen molar-refractivity contribution in [2.75, 3.05) is 6.67 Å². The molecule has 2 rings (SSSR count). The maximum absolute atomic E-state index is 12.3. The average molecular weight is 337 g/mol. The van der Waals surface area contributed by atoms with Gasteiger partial charge < -0.3 is 9.84 Å². The van der Waals surface area contributed by atoms with Crippen LogP contribution in [0.15, 0.2) is 36.4 Å². The standard InChI is InChI=1S/C18H18ClFO3/c1-12(21)23-11-15-9-16(22)10-18(19)17(15)8-14-4-2-13(3-5-14)6-7-20/h2-5,9-10,22H,6-8,11H2,1H3. The number of esters is 1. The van der Waals surface area contributed by atoms with E-state index in [0.29, 0.717) is 23.4 Å². The number of rotatable bonds is 6. The Balaban J connectivity index is 2.25. The van der Waals surface area contributed by atoms with Gasteiger partial charge in [-0.2, -0.15) is 0 Å². The molecular formula is C18H18ClFO3. The number of aromatic hydroxyl groups is 1. The van der Waals surface area contributed by atoms with Crippen molar-refractivity contribution < 1.29 is 19.0 Å². The number of carbonyl (C=O) groups is 1. The Bertz CT molecular complexity index is 683. The lowest BCUT2D eigenvalue weighted by molar-refractivity contribution is -0.142. The van der Waals surface area contributed by atoms with Gasteiger partial charge in [-0.3, -0.25) is 9.18 Å². The highest BCUT2D eigenvalue weighted by Crippen LogP contribution is 2.29. The minimum atomic E-state index is -0.397. The molecule has 0 saturated carbocycles. The molecule has 0 aliphatic carbocycles. The van der Waals surface area contributed by atoms with Crippen molar-refractivity contribution in [2.45, 2.75) is 26.4 Å². The van der Waals surface area contributed by atoms with Gasteiger partial charge >= 0.3 is 5.97 Å². The maximum atomic E-state index is 12.3. The summed E-state index contributed by atoms with van der Waals surface area (Å²) < 4.78 is 17.4. The third-order valence-corrected chi connectivity index (χ3v) is 3.83. The molecule has 0 unspecified atom stereocenters. The van der Waals surface area contributed by atoms with Crippen LogP contribution in [0.25, 0.3) is 0 Å². The highest BCUT2D eigenvalue weighted by Gasteiger charge is 2.12. The second-order valence-electron chi connectivity index (χ2n) is 5.28. The first kappa shape index (κ1) is 17.3. The van der Waals surface area contributed by atoms with Crippen LogP contribution in [0.4, 0.5) is 4.39 Å². The molecular weight excluding hydrogens is 319 g/mol. The molecule has 0 spiro atoms. The molecule has 0 aliphatic rings. The van der Waals surface area contributed by atoms with Gasteiger partial charge in [0.1, 0.15) is 12.4 Å². The van der Waals surface area contributed by atoms with Crippen LogP contribution >= 0.6 is 11.6 Å². The van der Waals surface area contributed by atoms with Crippen molar-refractivity contribution in [1.29, 1.82) is 0 Å². The lowest BCUT2D eigenvalue weighted by atomic mass is 9.98. The Hall–Kier alpha value is -2.07. The Kier molecular flexibility index (Phi) is 5.99. The van der Waals surface area contributed by atoms with Gasteiger partial charge in [0.2, 0.25) is 0 Å². The number of phenols is 1. The highest BCUT2D eigenvalue weighted by molar-refractivity contribution is 6.31. The van der Waals surface area contributed by atoms with E-state index >= 15 is 0 Å². The number of benzene rings is 2. The Morgan fingerprint density at radius 2 is 1.87 bits per heavy atom. The van der Waals surface area contributed by atoms with E-state index in [-0.39, 0.29) is 19.0 Å². The van der Waals surface area contributed by atoms with Gasteiger partial charge in [-0.1, -0.05) is 35.9 Å². The number of ether oxygens (including phenoxy) is 1. The average Bonchev–Trinajstić information content (AvgIpc) is 2.50. The van der Waals surface area contributed by atoms with E-state index in [9.17, 15) is 14.3 Å². The molecule has 23 heavy (non-hydrogen) atoms. The Labute approximate surface area is 139 Å². The Morgan fingerprint density at radius 3 is 2.48 bits per heavy atom. The van der Waals surface area contributed by atoms with Crippen molar-refractivity contribution in [2.24, 2.45) is 0 Å². The summed E-state index contributed by atoms with van der Waals surface area (Å²) >= 11 is 6.23. The summed E-state index contributed by atoms with van der Waals surface area (Å²) in [6.45, 7) is 1.00. The van der Waals surface area contributed by atoms with Crippen LogP contribution in [0.2, 0.25) is 5.02 Å². The summed E-state index contributed by atoms with van der Waals surface area (Å²) in [5.74, 6) is -0.370. The molecule has 122 valence electrons. The number of hydrogen-bond acceptors (Lipinski definition) is 3. The molecule has 0 aromatic heterocycles. The van der Waals surface area contributed by atoms with Crippen molar-refractivity contribution in [3.8, 4) is 5.75 Å². The zero-order valence-electron chi connectivity index (χ0n) is 12.8. The van der Waals surface area contributed by atoms with Crippen molar-refractivity contribution >= 4 is 17.6 Å². The van der Waals surface area contributed by atoms with E-state index in [4.69, 9.17) is 16.3 Å². The minimum absolute atomic E-state index is 0.0270.